The van der Waals surface area contributed by atoms with Crippen LogP contribution in [0.3, 0.4) is 0 Å². The molecule has 7 heteroatoms. The third kappa shape index (κ3) is 4.13. The summed E-state index contributed by atoms with van der Waals surface area (Å²) in [5.74, 6) is -0.225. The Balaban J connectivity index is 1.55. The van der Waals surface area contributed by atoms with Gasteiger partial charge < -0.3 is 14.5 Å². The summed E-state index contributed by atoms with van der Waals surface area (Å²) in [5.41, 5.74) is 1.77. The summed E-state index contributed by atoms with van der Waals surface area (Å²) in [5, 5.41) is 12.1. The smallest absolute Gasteiger partial charge is 0.256 e. The summed E-state index contributed by atoms with van der Waals surface area (Å²) in [4.78, 5) is 17.3. The fourth-order valence-electron chi connectivity index (χ4n) is 3.07. The van der Waals surface area contributed by atoms with Crippen molar-refractivity contribution >= 4 is 11.6 Å². The molecule has 0 radical (unpaired) electrons. The van der Waals surface area contributed by atoms with Crippen LogP contribution in [-0.4, -0.2) is 15.3 Å². The molecule has 1 amide bonds. The number of halogens is 1. The fourth-order valence-corrected chi connectivity index (χ4v) is 3.07. The first-order chi connectivity index (χ1) is 14.6. The van der Waals surface area contributed by atoms with Gasteiger partial charge in [-0.3, -0.25) is 4.79 Å². The van der Waals surface area contributed by atoms with E-state index in [0.717, 1.165) is 5.75 Å². The Morgan fingerprint density at radius 1 is 1.17 bits per heavy atom. The van der Waals surface area contributed by atoms with Crippen molar-refractivity contribution < 1.29 is 13.9 Å². The van der Waals surface area contributed by atoms with Gasteiger partial charge in [0.25, 0.3) is 5.91 Å². The molecule has 2 aromatic heterocycles. The van der Waals surface area contributed by atoms with Crippen LogP contribution in [0.4, 0.5) is 4.39 Å². The van der Waals surface area contributed by atoms with Gasteiger partial charge in [0.1, 0.15) is 29.9 Å². The van der Waals surface area contributed by atoms with Crippen LogP contribution in [0.1, 0.15) is 27.7 Å². The Morgan fingerprint density at radius 3 is 2.77 bits per heavy atom. The second-order valence-corrected chi connectivity index (χ2v) is 6.58. The average molecular weight is 400 g/mol. The van der Waals surface area contributed by atoms with E-state index in [2.05, 4.69) is 10.3 Å². The van der Waals surface area contributed by atoms with Gasteiger partial charge in [0.15, 0.2) is 0 Å². The Hall–Kier alpha value is -4.18. The van der Waals surface area contributed by atoms with Crippen LogP contribution in [0, 0.1) is 17.1 Å². The first-order valence-electron chi connectivity index (χ1n) is 9.24. The van der Waals surface area contributed by atoms with Crippen molar-refractivity contribution in [3.8, 4) is 11.8 Å². The summed E-state index contributed by atoms with van der Waals surface area (Å²) in [7, 11) is 0. The summed E-state index contributed by atoms with van der Waals surface area (Å²) in [6.45, 7) is 0.247. The molecule has 2 heterocycles. The van der Waals surface area contributed by atoms with Crippen LogP contribution in [0.15, 0.2) is 79.1 Å². The number of nitrogens with one attached hydrogen (secondary N) is 1. The number of fused-ring (bicyclic) bond motifs is 1. The summed E-state index contributed by atoms with van der Waals surface area (Å²) >= 11 is 0. The molecule has 0 aliphatic carbocycles. The Kier molecular flexibility index (Phi) is 5.39. The predicted octanol–water partition coefficient (Wildman–Crippen LogP) is 4.05. The van der Waals surface area contributed by atoms with Crippen molar-refractivity contribution in [2.45, 2.75) is 12.6 Å². The number of hydrogen-bond donors (Lipinski definition) is 1. The number of amides is 1. The predicted molar refractivity (Wildman–Crippen MR) is 108 cm³/mol. The first kappa shape index (κ1) is 19.2. The molecule has 0 aliphatic rings. The number of carbonyl (C=O) groups excluding carboxylic acids is 1. The second-order valence-electron chi connectivity index (χ2n) is 6.58. The zero-order valence-electron chi connectivity index (χ0n) is 15.8. The van der Waals surface area contributed by atoms with Crippen molar-refractivity contribution in [1.82, 2.24) is 14.7 Å². The lowest BCUT2D eigenvalue weighted by Gasteiger charge is -2.12. The van der Waals surface area contributed by atoms with Crippen molar-refractivity contribution in [1.29, 1.82) is 5.26 Å². The van der Waals surface area contributed by atoms with Crippen molar-refractivity contribution in [2.75, 3.05) is 0 Å². The highest BCUT2D eigenvalue weighted by Gasteiger charge is 2.19. The molecule has 2 aromatic carbocycles. The number of nitrogens with zero attached hydrogens (tertiary/aromatic N) is 3. The van der Waals surface area contributed by atoms with E-state index >= 15 is 0 Å². The topological polar surface area (TPSA) is 79.4 Å². The number of carbonyl (C=O) groups is 1. The molecule has 1 N–H and O–H groups in total. The molecule has 148 valence electrons. The largest absolute Gasteiger partial charge is 0.487 e. The van der Waals surface area contributed by atoms with Gasteiger partial charge in [-0.2, -0.15) is 5.26 Å². The lowest BCUT2D eigenvalue weighted by Crippen LogP contribution is -2.28. The first-order valence-corrected chi connectivity index (χ1v) is 9.24. The Labute approximate surface area is 172 Å². The lowest BCUT2D eigenvalue weighted by molar-refractivity contribution is 0.0946. The van der Waals surface area contributed by atoms with E-state index in [9.17, 15) is 14.4 Å². The standard InChI is InChI=1S/C23H17FN4O2/c24-17-7-4-6-16(12-17)21(13-25)27-23(29)20-10-5-11-28-14-18(26-22(20)28)15-30-19-8-2-1-3-9-19/h1-12,14,21H,15H2,(H,27,29). The van der Waals surface area contributed by atoms with Gasteiger partial charge >= 0.3 is 0 Å². The van der Waals surface area contributed by atoms with Crippen LogP contribution >= 0.6 is 0 Å². The van der Waals surface area contributed by atoms with Gasteiger partial charge in [-0.05, 0) is 42.0 Å². The SMILES string of the molecule is N#CC(NC(=O)c1cccn2cc(COc3ccccc3)nc12)c1cccc(F)c1. The lowest BCUT2D eigenvalue weighted by atomic mass is 10.1. The number of nitriles is 1. The maximum atomic E-state index is 13.5. The van der Waals surface area contributed by atoms with Gasteiger partial charge in [0.2, 0.25) is 0 Å². The minimum atomic E-state index is -0.982. The highest BCUT2D eigenvalue weighted by atomic mass is 19.1. The minimum Gasteiger partial charge on any atom is -0.487 e. The van der Waals surface area contributed by atoms with E-state index in [-0.39, 0.29) is 6.61 Å². The second kappa shape index (κ2) is 8.45. The minimum absolute atomic E-state index is 0.247. The van der Waals surface area contributed by atoms with Gasteiger partial charge in [-0.15, -0.1) is 0 Å². The molecule has 6 nitrogen and oxygen atoms in total. The molecule has 4 rings (SSSR count). The Bertz CT molecular complexity index is 1230. The molecule has 0 saturated carbocycles. The molecule has 0 saturated heterocycles. The third-order valence-corrected chi connectivity index (χ3v) is 4.49. The van der Waals surface area contributed by atoms with E-state index in [1.54, 1.807) is 35.0 Å². The molecule has 1 unspecified atom stereocenters. The number of aromatic nitrogens is 2. The molecule has 1 atom stereocenters. The van der Waals surface area contributed by atoms with Crippen molar-refractivity contribution in [3.63, 3.8) is 0 Å². The molecule has 0 spiro atoms. The average Bonchev–Trinajstić information content (AvgIpc) is 3.19. The number of imidazole rings is 1. The highest BCUT2D eigenvalue weighted by molar-refractivity contribution is 6.00. The Morgan fingerprint density at radius 2 is 2.00 bits per heavy atom. The van der Waals surface area contributed by atoms with E-state index in [1.807, 2.05) is 36.4 Å². The van der Waals surface area contributed by atoms with Crippen molar-refractivity contribution in [2.24, 2.45) is 0 Å². The number of ether oxygens (including phenoxy) is 1. The third-order valence-electron chi connectivity index (χ3n) is 4.49. The highest BCUT2D eigenvalue weighted by Crippen LogP contribution is 2.17. The maximum Gasteiger partial charge on any atom is 0.256 e. The normalized spacial score (nSPS) is 11.6. The zero-order valence-corrected chi connectivity index (χ0v) is 15.8. The van der Waals surface area contributed by atoms with E-state index in [1.165, 1.54) is 18.2 Å². The summed E-state index contributed by atoms with van der Waals surface area (Å²) < 4.78 is 20.9. The van der Waals surface area contributed by atoms with Crippen LogP contribution < -0.4 is 10.1 Å². The van der Waals surface area contributed by atoms with Gasteiger partial charge in [0.05, 0.1) is 17.3 Å². The monoisotopic (exact) mass is 400 g/mol. The molecule has 4 aromatic rings. The maximum absolute atomic E-state index is 13.5. The van der Waals surface area contributed by atoms with Crippen LogP contribution in [0.25, 0.3) is 5.65 Å². The number of para-hydroxylation sites is 1. The van der Waals surface area contributed by atoms with E-state index in [0.29, 0.717) is 22.5 Å². The fraction of sp³-hybridized carbons (Fsp3) is 0.0870. The van der Waals surface area contributed by atoms with Gasteiger partial charge in [-0.25, -0.2) is 9.37 Å². The van der Waals surface area contributed by atoms with E-state index < -0.39 is 17.8 Å². The summed E-state index contributed by atoms with van der Waals surface area (Å²) in [6, 6.07) is 19.3. The van der Waals surface area contributed by atoms with Crippen LogP contribution in [0.2, 0.25) is 0 Å². The zero-order chi connectivity index (χ0) is 20.9. The quantitative estimate of drug-likeness (QED) is 0.530. The number of rotatable bonds is 6. The van der Waals surface area contributed by atoms with Gasteiger partial charge in [-0.1, -0.05) is 30.3 Å². The van der Waals surface area contributed by atoms with Gasteiger partial charge in [0, 0.05) is 12.4 Å². The molecule has 30 heavy (non-hydrogen) atoms. The number of hydrogen-bond acceptors (Lipinski definition) is 4. The molecular formula is C23H17FN4O2. The van der Waals surface area contributed by atoms with E-state index in [4.69, 9.17) is 4.74 Å². The van der Waals surface area contributed by atoms with Crippen LogP contribution in [0.5, 0.6) is 5.75 Å². The molecule has 0 fully saturated rings. The molecule has 0 aliphatic heterocycles. The van der Waals surface area contributed by atoms with Crippen molar-refractivity contribution in [3.05, 3.63) is 102 Å². The molecule has 0 bridgehead atoms. The molecular weight excluding hydrogens is 383 g/mol. The number of pyridine rings is 1. The van der Waals surface area contributed by atoms with Crippen LogP contribution in [-0.2, 0) is 6.61 Å². The number of benzene rings is 2. The summed E-state index contributed by atoms with van der Waals surface area (Å²) in [6.07, 6.45) is 3.56.